The Morgan fingerprint density at radius 2 is 2.08 bits per heavy atom. The Morgan fingerprint density at radius 1 is 1.31 bits per heavy atom. The highest BCUT2D eigenvalue weighted by molar-refractivity contribution is 6.31. The van der Waals surface area contributed by atoms with Gasteiger partial charge in [0, 0.05) is 18.1 Å². The number of hydrogen-bond acceptors (Lipinski definition) is 1. The van der Waals surface area contributed by atoms with Crippen LogP contribution < -0.4 is 0 Å². The topological polar surface area (TPSA) is 3.24 Å². The predicted molar refractivity (Wildman–Crippen MR) is 56.2 cm³/mol. The van der Waals surface area contributed by atoms with E-state index in [9.17, 15) is 0 Å². The third kappa shape index (κ3) is 1.72. The molecule has 1 aromatic carbocycles. The molecule has 0 bridgehead atoms. The Kier molecular flexibility index (Phi) is 2.31. The first-order valence-corrected chi connectivity index (χ1v) is 5.01. The summed E-state index contributed by atoms with van der Waals surface area (Å²) in [6.07, 6.45) is 1.13. The summed E-state index contributed by atoms with van der Waals surface area (Å²) in [7, 11) is 2.16. The molecule has 70 valence electrons. The van der Waals surface area contributed by atoms with Crippen LogP contribution in [-0.4, -0.2) is 18.5 Å². The molecule has 2 heteroatoms. The zero-order chi connectivity index (χ0) is 9.42. The zero-order valence-electron chi connectivity index (χ0n) is 8.10. The highest BCUT2D eigenvalue weighted by Gasteiger charge is 2.13. The first-order valence-electron chi connectivity index (χ1n) is 4.63. The molecular formula is C11H14ClN. The Labute approximate surface area is 84.3 Å². The van der Waals surface area contributed by atoms with Gasteiger partial charge in [-0.3, -0.25) is 0 Å². The second-order valence-corrected chi connectivity index (χ2v) is 4.27. The molecule has 0 unspecified atom stereocenters. The standard InChI is InChI=1S/C11H14ClN/c1-8-5-10-7-13(2)4-3-9(10)6-11(8)12/h5-6H,3-4,7H2,1-2H3. The molecule has 1 aliphatic heterocycles. The van der Waals surface area contributed by atoms with Gasteiger partial charge in [-0.15, -0.1) is 0 Å². The smallest absolute Gasteiger partial charge is 0.0438 e. The Bertz CT molecular complexity index is 333. The van der Waals surface area contributed by atoms with E-state index < -0.39 is 0 Å². The van der Waals surface area contributed by atoms with Crippen LogP contribution in [0.1, 0.15) is 16.7 Å². The first-order chi connectivity index (χ1) is 6.16. The summed E-state index contributed by atoms with van der Waals surface area (Å²) in [5.74, 6) is 0. The van der Waals surface area contributed by atoms with Gasteiger partial charge >= 0.3 is 0 Å². The predicted octanol–water partition coefficient (Wildman–Crippen LogP) is 2.64. The number of hydrogen-bond donors (Lipinski definition) is 0. The summed E-state index contributed by atoms with van der Waals surface area (Å²) in [6, 6.07) is 4.34. The molecular weight excluding hydrogens is 182 g/mol. The van der Waals surface area contributed by atoms with E-state index in [1.54, 1.807) is 0 Å². The lowest BCUT2D eigenvalue weighted by atomic mass is 9.98. The minimum Gasteiger partial charge on any atom is -0.302 e. The van der Waals surface area contributed by atoms with E-state index in [-0.39, 0.29) is 0 Å². The molecule has 0 amide bonds. The van der Waals surface area contributed by atoms with Crippen molar-refractivity contribution < 1.29 is 0 Å². The number of fused-ring (bicyclic) bond motifs is 1. The van der Waals surface area contributed by atoms with Gasteiger partial charge in [0.05, 0.1) is 0 Å². The van der Waals surface area contributed by atoms with Gasteiger partial charge in [-0.05, 0) is 43.1 Å². The van der Waals surface area contributed by atoms with E-state index in [1.807, 2.05) is 0 Å². The van der Waals surface area contributed by atoms with E-state index in [0.717, 1.165) is 24.5 Å². The normalized spacial score (nSPS) is 17.2. The second kappa shape index (κ2) is 3.32. The summed E-state index contributed by atoms with van der Waals surface area (Å²) >= 11 is 6.07. The molecule has 0 fully saturated rings. The molecule has 2 rings (SSSR count). The first kappa shape index (κ1) is 9.04. The molecule has 13 heavy (non-hydrogen) atoms. The minimum atomic E-state index is 0.906. The van der Waals surface area contributed by atoms with E-state index in [1.165, 1.54) is 16.7 Å². The van der Waals surface area contributed by atoms with E-state index in [2.05, 4.69) is 31.0 Å². The Morgan fingerprint density at radius 3 is 2.85 bits per heavy atom. The molecule has 0 spiro atoms. The van der Waals surface area contributed by atoms with Crippen molar-refractivity contribution in [2.45, 2.75) is 19.9 Å². The van der Waals surface area contributed by atoms with Crippen molar-refractivity contribution in [1.29, 1.82) is 0 Å². The number of nitrogens with zero attached hydrogens (tertiary/aromatic N) is 1. The van der Waals surface area contributed by atoms with Crippen LogP contribution in [-0.2, 0) is 13.0 Å². The van der Waals surface area contributed by atoms with Gasteiger partial charge in [-0.25, -0.2) is 0 Å². The lowest BCUT2D eigenvalue weighted by Gasteiger charge is -2.25. The van der Waals surface area contributed by atoms with Crippen molar-refractivity contribution in [1.82, 2.24) is 4.90 Å². The van der Waals surface area contributed by atoms with Crippen LogP contribution in [0.2, 0.25) is 5.02 Å². The lowest BCUT2D eigenvalue weighted by Crippen LogP contribution is -2.26. The fraction of sp³-hybridized carbons (Fsp3) is 0.455. The zero-order valence-corrected chi connectivity index (χ0v) is 8.86. The van der Waals surface area contributed by atoms with Crippen LogP contribution in [0.5, 0.6) is 0 Å². The van der Waals surface area contributed by atoms with Crippen molar-refractivity contribution >= 4 is 11.6 Å². The van der Waals surface area contributed by atoms with Crippen LogP contribution in [0.4, 0.5) is 0 Å². The monoisotopic (exact) mass is 195 g/mol. The maximum atomic E-state index is 6.07. The SMILES string of the molecule is Cc1cc2c(cc1Cl)CCN(C)C2. The fourth-order valence-corrected chi connectivity index (χ4v) is 2.03. The van der Waals surface area contributed by atoms with Crippen LogP contribution in [0.15, 0.2) is 12.1 Å². The number of aryl methyl sites for hydroxylation is 1. The van der Waals surface area contributed by atoms with Gasteiger partial charge in [0.15, 0.2) is 0 Å². The van der Waals surface area contributed by atoms with Crippen molar-refractivity contribution in [3.63, 3.8) is 0 Å². The molecule has 0 aromatic heterocycles. The van der Waals surface area contributed by atoms with Gasteiger partial charge in [-0.2, -0.15) is 0 Å². The Hall–Kier alpha value is -0.530. The largest absolute Gasteiger partial charge is 0.302 e. The molecule has 0 aliphatic carbocycles. The maximum Gasteiger partial charge on any atom is 0.0438 e. The summed E-state index contributed by atoms with van der Waals surface area (Å²) in [5.41, 5.74) is 4.06. The number of benzene rings is 1. The van der Waals surface area contributed by atoms with Gasteiger partial charge in [0.1, 0.15) is 0 Å². The molecule has 1 nitrogen and oxygen atoms in total. The number of rotatable bonds is 0. The van der Waals surface area contributed by atoms with E-state index >= 15 is 0 Å². The summed E-state index contributed by atoms with van der Waals surface area (Å²) in [6.45, 7) is 4.27. The molecule has 1 aromatic rings. The van der Waals surface area contributed by atoms with Crippen molar-refractivity contribution in [2.75, 3.05) is 13.6 Å². The van der Waals surface area contributed by atoms with Gasteiger partial charge in [0.2, 0.25) is 0 Å². The average molecular weight is 196 g/mol. The lowest BCUT2D eigenvalue weighted by molar-refractivity contribution is 0.313. The average Bonchev–Trinajstić information content (AvgIpc) is 2.08. The maximum absolute atomic E-state index is 6.07. The van der Waals surface area contributed by atoms with E-state index in [0.29, 0.717) is 0 Å². The molecule has 1 aliphatic rings. The highest BCUT2D eigenvalue weighted by Crippen LogP contribution is 2.24. The van der Waals surface area contributed by atoms with E-state index in [4.69, 9.17) is 11.6 Å². The summed E-state index contributed by atoms with van der Waals surface area (Å²) in [4.78, 5) is 2.34. The highest BCUT2D eigenvalue weighted by atomic mass is 35.5. The summed E-state index contributed by atoms with van der Waals surface area (Å²) < 4.78 is 0. The molecule has 0 saturated heterocycles. The number of likely N-dealkylation sites (N-methyl/N-ethyl adjacent to an activating group) is 1. The fourth-order valence-electron chi connectivity index (χ4n) is 1.84. The second-order valence-electron chi connectivity index (χ2n) is 3.86. The molecule has 1 heterocycles. The van der Waals surface area contributed by atoms with Crippen molar-refractivity contribution in [2.24, 2.45) is 0 Å². The molecule has 0 radical (unpaired) electrons. The minimum absolute atomic E-state index is 0.906. The third-order valence-electron chi connectivity index (χ3n) is 2.68. The van der Waals surface area contributed by atoms with Gasteiger partial charge in [0.25, 0.3) is 0 Å². The van der Waals surface area contributed by atoms with Crippen LogP contribution in [0.25, 0.3) is 0 Å². The Balaban J connectivity index is 2.43. The van der Waals surface area contributed by atoms with Gasteiger partial charge < -0.3 is 4.90 Å². The molecule has 0 N–H and O–H groups in total. The third-order valence-corrected chi connectivity index (χ3v) is 3.09. The van der Waals surface area contributed by atoms with Crippen LogP contribution in [0.3, 0.4) is 0 Å². The van der Waals surface area contributed by atoms with Gasteiger partial charge in [-0.1, -0.05) is 17.7 Å². The molecule has 0 atom stereocenters. The van der Waals surface area contributed by atoms with Crippen LogP contribution >= 0.6 is 11.6 Å². The van der Waals surface area contributed by atoms with Crippen molar-refractivity contribution in [3.8, 4) is 0 Å². The molecule has 0 saturated carbocycles. The van der Waals surface area contributed by atoms with Crippen LogP contribution in [0, 0.1) is 6.92 Å². The number of halogens is 1. The van der Waals surface area contributed by atoms with Crippen molar-refractivity contribution in [3.05, 3.63) is 33.8 Å². The summed E-state index contributed by atoms with van der Waals surface area (Å²) in [5, 5.41) is 0.906. The quantitative estimate of drug-likeness (QED) is 0.615.